The Morgan fingerprint density at radius 1 is 1.22 bits per heavy atom. The maximum absolute atomic E-state index is 12.9. The van der Waals surface area contributed by atoms with E-state index < -0.39 is 0 Å². The van der Waals surface area contributed by atoms with E-state index in [1.165, 1.54) is 6.07 Å². The zero-order valence-corrected chi connectivity index (χ0v) is 9.84. The first-order valence-corrected chi connectivity index (χ1v) is 5.70. The van der Waals surface area contributed by atoms with Crippen LogP contribution in [-0.2, 0) is 13.0 Å². The van der Waals surface area contributed by atoms with E-state index in [9.17, 15) is 4.39 Å². The van der Waals surface area contributed by atoms with Crippen LogP contribution in [0.4, 0.5) is 4.39 Å². The van der Waals surface area contributed by atoms with Gasteiger partial charge in [0.1, 0.15) is 18.2 Å². The summed E-state index contributed by atoms with van der Waals surface area (Å²) in [4.78, 5) is 3.76. The Balaban J connectivity index is 2.06. The highest BCUT2D eigenvalue weighted by atomic mass is 19.1. The second-order valence-corrected chi connectivity index (χ2v) is 3.88. The number of rotatable bonds is 5. The predicted molar refractivity (Wildman–Crippen MR) is 65.8 cm³/mol. The Hall–Kier alpha value is -1.94. The van der Waals surface area contributed by atoms with Crippen LogP contribution in [-0.4, -0.2) is 16.7 Å². The molecule has 1 heterocycles. The Kier molecular flexibility index (Phi) is 4.25. The van der Waals surface area contributed by atoms with Gasteiger partial charge in [0.05, 0.1) is 6.20 Å². The SMILES string of the molecule is OCCc1ccccc1OCc1cncc(F)c1. The molecule has 0 spiro atoms. The van der Waals surface area contributed by atoms with Crippen LogP contribution in [0.25, 0.3) is 0 Å². The average molecular weight is 247 g/mol. The number of ether oxygens (including phenoxy) is 1. The smallest absolute Gasteiger partial charge is 0.141 e. The van der Waals surface area contributed by atoms with Crippen molar-refractivity contribution in [1.82, 2.24) is 4.98 Å². The third-order valence-electron chi connectivity index (χ3n) is 2.51. The van der Waals surface area contributed by atoms with E-state index in [1.807, 2.05) is 24.3 Å². The average Bonchev–Trinajstić information content (AvgIpc) is 2.38. The number of para-hydroxylation sites is 1. The molecule has 94 valence electrons. The van der Waals surface area contributed by atoms with Crippen LogP contribution in [0, 0.1) is 5.82 Å². The molecule has 0 saturated carbocycles. The largest absolute Gasteiger partial charge is 0.489 e. The van der Waals surface area contributed by atoms with Crippen molar-refractivity contribution < 1.29 is 14.2 Å². The number of hydrogen-bond donors (Lipinski definition) is 1. The lowest BCUT2D eigenvalue weighted by molar-refractivity contribution is 0.283. The fourth-order valence-electron chi connectivity index (χ4n) is 1.67. The van der Waals surface area contributed by atoms with Crippen LogP contribution in [0.2, 0.25) is 0 Å². The van der Waals surface area contributed by atoms with Crippen LogP contribution in [0.5, 0.6) is 5.75 Å². The van der Waals surface area contributed by atoms with Crippen molar-refractivity contribution >= 4 is 0 Å². The van der Waals surface area contributed by atoms with Crippen LogP contribution in [0.3, 0.4) is 0 Å². The van der Waals surface area contributed by atoms with Gasteiger partial charge in [-0.2, -0.15) is 0 Å². The van der Waals surface area contributed by atoms with Crippen molar-refractivity contribution in [3.05, 3.63) is 59.7 Å². The minimum absolute atomic E-state index is 0.0713. The third kappa shape index (κ3) is 3.28. The summed E-state index contributed by atoms with van der Waals surface area (Å²) < 4.78 is 18.6. The highest BCUT2D eigenvalue weighted by Gasteiger charge is 2.03. The van der Waals surface area contributed by atoms with Gasteiger partial charge < -0.3 is 9.84 Å². The topological polar surface area (TPSA) is 42.4 Å². The molecule has 0 aliphatic rings. The number of pyridine rings is 1. The molecule has 2 rings (SSSR count). The summed E-state index contributed by atoms with van der Waals surface area (Å²) in [5.41, 5.74) is 1.61. The van der Waals surface area contributed by atoms with Gasteiger partial charge in [0.25, 0.3) is 0 Å². The van der Waals surface area contributed by atoms with Gasteiger partial charge in [0.15, 0.2) is 0 Å². The van der Waals surface area contributed by atoms with Crippen molar-refractivity contribution in [2.75, 3.05) is 6.61 Å². The Bertz CT molecular complexity index is 517. The first-order valence-electron chi connectivity index (χ1n) is 5.70. The molecule has 0 bridgehead atoms. The quantitative estimate of drug-likeness (QED) is 0.881. The van der Waals surface area contributed by atoms with E-state index in [2.05, 4.69) is 4.98 Å². The summed E-state index contributed by atoms with van der Waals surface area (Å²) in [7, 11) is 0. The van der Waals surface area contributed by atoms with Crippen LogP contribution < -0.4 is 4.74 Å². The Morgan fingerprint density at radius 3 is 2.83 bits per heavy atom. The number of aliphatic hydroxyl groups excluding tert-OH is 1. The number of hydrogen-bond acceptors (Lipinski definition) is 3. The molecule has 0 amide bonds. The van der Waals surface area contributed by atoms with Gasteiger partial charge in [-0.15, -0.1) is 0 Å². The predicted octanol–water partition coefficient (Wildman–Crippen LogP) is 2.33. The van der Waals surface area contributed by atoms with Gasteiger partial charge in [-0.25, -0.2) is 4.39 Å². The van der Waals surface area contributed by atoms with Crippen LogP contribution in [0.15, 0.2) is 42.7 Å². The van der Waals surface area contributed by atoms with Crippen molar-refractivity contribution in [3.63, 3.8) is 0 Å². The highest BCUT2D eigenvalue weighted by Crippen LogP contribution is 2.19. The fourth-order valence-corrected chi connectivity index (χ4v) is 1.67. The lowest BCUT2D eigenvalue weighted by atomic mass is 10.1. The fraction of sp³-hybridized carbons (Fsp3) is 0.214. The molecule has 0 unspecified atom stereocenters. The summed E-state index contributed by atoms with van der Waals surface area (Å²) in [6.07, 6.45) is 3.26. The van der Waals surface area contributed by atoms with Gasteiger partial charge in [-0.05, 0) is 24.1 Å². The summed E-state index contributed by atoms with van der Waals surface area (Å²) in [6.45, 7) is 0.328. The van der Waals surface area contributed by atoms with E-state index >= 15 is 0 Å². The van der Waals surface area contributed by atoms with E-state index in [0.717, 1.165) is 11.8 Å². The molecule has 0 aliphatic carbocycles. The van der Waals surface area contributed by atoms with Gasteiger partial charge in [-0.1, -0.05) is 18.2 Å². The van der Waals surface area contributed by atoms with E-state index in [-0.39, 0.29) is 19.0 Å². The molecular weight excluding hydrogens is 233 g/mol. The molecule has 18 heavy (non-hydrogen) atoms. The minimum atomic E-state index is -0.375. The maximum Gasteiger partial charge on any atom is 0.141 e. The Morgan fingerprint density at radius 2 is 2.06 bits per heavy atom. The highest BCUT2D eigenvalue weighted by molar-refractivity contribution is 5.33. The van der Waals surface area contributed by atoms with Crippen LogP contribution >= 0.6 is 0 Å². The maximum atomic E-state index is 12.9. The van der Waals surface area contributed by atoms with E-state index in [1.54, 1.807) is 6.20 Å². The van der Waals surface area contributed by atoms with Gasteiger partial charge >= 0.3 is 0 Å². The number of halogens is 1. The zero-order chi connectivity index (χ0) is 12.8. The summed E-state index contributed by atoms with van der Waals surface area (Å²) in [5, 5.41) is 8.95. The first kappa shape index (κ1) is 12.5. The first-order chi connectivity index (χ1) is 8.79. The lowest BCUT2D eigenvalue weighted by Gasteiger charge is -2.10. The van der Waals surface area contributed by atoms with Gasteiger partial charge in [0.2, 0.25) is 0 Å². The standard InChI is InChI=1S/C14H14FNO2/c15-13-7-11(8-16-9-13)10-18-14-4-2-1-3-12(14)5-6-17/h1-4,7-9,17H,5-6,10H2. The van der Waals surface area contributed by atoms with Crippen molar-refractivity contribution in [2.45, 2.75) is 13.0 Å². The molecule has 2 aromatic rings. The molecule has 0 aliphatic heterocycles. The molecule has 0 radical (unpaired) electrons. The Labute approximate surface area is 105 Å². The zero-order valence-electron chi connectivity index (χ0n) is 9.84. The minimum Gasteiger partial charge on any atom is -0.489 e. The lowest BCUT2D eigenvalue weighted by Crippen LogP contribution is -2.01. The summed E-state index contributed by atoms with van der Waals surface area (Å²) in [6, 6.07) is 8.87. The molecule has 0 fully saturated rings. The molecule has 0 atom stereocenters. The second-order valence-electron chi connectivity index (χ2n) is 3.88. The van der Waals surface area contributed by atoms with E-state index in [4.69, 9.17) is 9.84 Å². The number of nitrogens with zero attached hydrogens (tertiary/aromatic N) is 1. The van der Waals surface area contributed by atoms with Gasteiger partial charge in [-0.3, -0.25) is 4.98 Å². The summed E-state index contributed by atoms with van der Waals surface area (Å²) in [5.74, 6) is 0.329. The molecular formula is C14H14FNO2. The molecule has 1 aromatic heterocycles. The molecule has 3 nitrogen and oxygen atoms in total. The van der Waals surface area contributed by atoms with Gasteiger partial charge in [0, 0.05) is 18.4 Å². The van der Waals surface area contributed by atoms with E-state index in [0.29, 0.717) is 17.7 Å². The molecule has 0 saturated heterocycles. The number of aliphatic hydroxyl groups is 1. The molecule has 4 heteroatoms. The second kappa shape index (κ2) is 6.12. The number of benzene rings is 1. The monoisotopic (exact) mass is 247 g/mol. The molecule has 1 N–H and O–H groups in total. The third-order valence-corrected chi connectivity index (χ3v) is 2.51. The molecule has 1 aromatic carbocycles. The van der Waals surface area contributed by atoms with Crippen molar-refractivity contribution in [3.8, 4) is 5.75 Å². The van der Waals surface area contributed by atoms with Crippen molar-refractivity contribution in [1.29, 1.82) is 0 Å². The number of aromatic nitrogens is 1. The van der Waals surface area contributed by atoms with Crippen molar-refractivity contribution in [2.24, 2.45) is 0 Å². The summed E-state index contributed by atoms with van der Waals surface area (Å²) >= 11 is 0. The normalized spacial score (nSPS) is 10.3. The van der Waals surface area contributed by atoms with Crippen LogP contribution in [0.1, 0.15) is 11.1 Å².